The number of nitro groups is 1. The molecular weight excluding hydrogens is 473 g/mol. The number of halogens is 2. The van der Waals surface area contributed by atoms with Crippen molar-refractivity contribution in [1.29, 1.82) is 0 Å². The zero-order valence-corrected chi connectivity index (χ0v) is 19.6. The molecule has 176 valence electrons. The molecule has 1 atom stereocenters. The monoisotopic (exact) mass is 495 g/mol. The Bertz CT molecular complexity index is 1080. The quantitative estimate of drug-likeness (QED) is 0.429. The van der Waals surface area contributed by atoms with Crippen LogP contribution in [0, 0.1) is 10.1 Å². The molecule has 1 heterocycles. The van der Waals surface area contributed by atoms with Crippen molar-refractivity contribution in [1.82, 2.24) is 4.90 Å². The molecule has 11 heteroatoms. The summed E-state index contributed by atoms with van der Waals surface area (Å²) in [6.45, 7) is 2.31. The molecule has 0 spiro atoms. The summed E-state index contributed by atoms with van der Waals surface area (Å²) in [6, 6.07) is 6.32. The van der Waals surface area contributed by atoms with E-state index in [-0.39, 0.29) is 35.2 Å². The number of carbonyl (C=O) groups excluding carboxylic acids is 2. The number of nitro benzene ring substituents is 1. The topological polar surface area (TPSA) is 111 Å². The van der Waals surface area contributed by atoms with Crippen LogP contribution in [-0.2, 0) is 4.79 Å². The summed E-state index contributed by atoms with van der Waals surface area (Å²) in [7, 11) is 1.36. The molecule has 2 amide bonds. The number of hydrogen-bond donors (Lipinski definition) is 1. The smallest absolute Gasteiger partial charge is 0.286 e. The third-order valence-corrected chi connectivity index (χ3v) is 6.00. The van der Waals surface area contributed by atoms with Crippen LogP contribution in [-0.4, -0.2) is 47.9 Å². The van der Waals surface area contributed by atoms with Gasteiger partial charge < -0.3 is 19.7 Å². The van der Waals surface area contributed by atoms with Gasteiger partial charge in [-0.2, -0.15) is 0 Å². The van der Waals surface area contributed by atoms with Crippen LogP contribution in [0.15, 0.2) is 30.3 Å². The van der Waals surface area contributed by atoms with Gasteiger partial charge in [0.2, 0.25) is 5.91 Å². The van der Waals surface area contributed by atoms with E-state index < -0.39 is 28.5 Å². The van der Waals surface area contributed by atoms with Crippen LogP contribution in [0.25, 0.3) is 0 Å². The Balaban J connectivity index is 1.93. The van der Waals surface area contributed by atoms with Crippen molar-refractivity contribution in [2.24, 2.45) is 0 Å². The van der Waals surface area contributed by atoms with Crippen LogP contribution < -0.4 is 14.8 Å². The van der Waals surface area contributed by atoms with Crippen LogP contribution in [0.5, 0.6) is 11.5 Å². The van der Waals surface area contributed by atoms with E-state index in [0.29, 0.717) is 23.6 Å². The molecular formula is C22H23Cl2N3O6. The fraction of sp³-hybridized carbons (Fsp3) is 0.364. The number of hydrogen-bond acceptors (Lipinski definition) is 6. The lowest BCUT2D eigenvalue weighted by atomic mass is 9.99. The van der Waals surface area contributed by atoms with Gasteiger partial charge in [0.15, 0.2) is 11.5 Å². The van der Waals surface area contributed by atoms with Crippen LogP contribution in [0.1, 0.15) is 36.5 Å². The fourth-order valence-electron chi connectivity index (χ4n) is 3.70. The number of piperidine rings is 1. The lowest BCUT2D eigenvalue weighted by Gasteiger charge is -2.34. The van der Waals surface area contributed by atoms with Crippen LogP contribution in [0.2, 0.25) is 10.0 Å². The highest BCUT2D eigenvalue weighted by Gasteiger charge is 2.36. The molecule has 2 aromatic rings. The molecule has 9 nitrogen and oxygen atoms in total. The maximum absolute atomic E-state index is 13.5. The van der Waals surface area contributed by atoms with Crippen molar-refractivity contribution < 1.29 is 24.0 Å². The molecule has 0 saturated carbocycles. The van der Waals surface area contributed by atoms with Gasteiger partial charge in [0.05, 0.1) is 34.8 Å². The number of carbonyl (C=O) groups is 2. The van der Waals surface area contributed by atoms with E-state index in [4.69, 9.17) is 32.7 Å². The average molecular weight is 496 g/mol. The summed E-state index contributed by atoms with van der Waals surface area (Å²) in [5.41, 5.74) is -0.158. The third-order valence-electron chi connectivity index (χ3n) is 5.26. The zero-order chi connectivity index (χ0) is 24.1. The summed E-state index contributed by atoms with van der Waals surface area (Å²) < 4.78 is 10.7. The van der Waals surface area contributed by atoms with E-state index in [2.05, 4.69) is 5.32 Å². The van der Waals surface area contributed by atoms with E-state index >= 15 is 0 Å². The van der Waals surface area contributed by atoms with Gasteiger partial charge in [0.1, 0.15) is 11.6 Å². The molecule has 0 radical (unpaired) electrons. The summed E-state index contributed by atoms with van der Waals surface area (Å²) in [5.74, 6) is -0.683. The van der Waals surface area contributed by atoms with Crippen molar-refractivity contribution in [3.8, 4) is 11.5 Å². The van der Waals surface area contributed by atoms with Crippen LogP contribution in [0.4, 0.5) is 11.4 Å². The van der Waals surface area contributed by atoms with Crippen LogP contribution >= 0.6 is 23.2 Å². The van der Waals surface area contributed by atoms with E-state index in [9.17, 15) is 19.7 Å². The molecule has 1 N–H and O–H groups in total. The molecule has 3 rings (SSSR count). The molecule has 1 aliphatic rings. The average Bonchev–Trinajstić information content (AvgIpc) is 2.80. The SMILES string of the molecule is CCOc1cc(C(=O)N2CCCCC2C(=O)Nc2ccc(Cl)c(Cl)c2)c([N+](=O)[O-])cc1OC. The number of benzene rings is 2. The second-order valence-electron chi connectivity index (χ2n) is 7.34. The number of methoxy groups -OCH3 is 1. The Morgan fingerprint density at radius 1 is 1.18 bits per heavy atom. The number of ether oxygens (including phenoxy) is 2. The first-order valence-electron chi connectivity index (χ1n) is 10.3. The van der Waals surface area contributed by atoms with Gasteiger partial charge in [-0.1, -0.05) is 23.2 Å². The predicted molar refractivity (Wildman–Crippen MR) is 125 cm³/mol. The predicted octanol–water partition coefficient (Wildman–Crippen LogP) is 4.94. The summed E-state index contributed by atoms with van der Waals surface area (Å²) >= 11 is 11.9. The van der Waals surface area contributed by atoms with Gasteiger partial charge in [-0.05, 0) is 44.4 Å². The molecule has 1 aliphatic heterocycles. The number of likely N-dealkylation sites (tertiary alicyclic amines) is 1. The van der Waals surface area contributed by atoms with E-state index in [1.54, 1.807) is 19.1 Å². The largest absolute Gasteiger partial charge is 0.493 e. The highest BCUT2D eigenvalue weighted by atomic mass is 35.5. The third kappa shape index (κ3) is 5.48. The Morgan fingerprint density at radius 2 is 1.94 bits per heavy atom. The highest BCUT2D eigenvalue weighted by Crippen LogP contribution is 2.36. The molecule has 33 heavy (non-hydrogen) atoms. The maximum atomic E-state index is 13.5. The minimum atomic E-state index is -0.807. The van der Waals surface area contributed by atoms with E-state index in [1.165, 1.54) is 24.1 Å². The second-order valence-corrected chi connectivity index (χ2v) is 8.15. The minimum absolute atomic E-state index is 0.146. The summed E-state index contributed by atoms with van der Waals surface area (Å²) in [6.07, 6.45) is 1.82. The summed E-state index contributed by atoms with van der Waals surface area (Å²) in [5, 5.41) is 15.1. The Morgan fingerprint density at radius 3 is 2.58 bits per heavy atom. The second kappa shape index (κ2) is 10.7. The highest BCUT2D eigenvalue weighted by molar-refractivity contribution is 6.42. The van der Waals surface area contributed by atoms with Crippen molar-refractivity contribution in [3.63, 3.8) is 0 Å². The van der Waals surface area contributed by atoms with Gasteiger partial charge in [0.25, 0.3) is 11.6 Å². The molecule has 2 aromatic carbocycles. The fourth-order valence-corrected chi connectivity index (χ4v) is 4.00. The number of nitrogens with one attached hydrogen (secondary N) is 1. The Kier molecular flexibility index (Phi) is 7.99. The molecule has 0 aromatic heterocycles. The molecule has 1 saturated heterocycles. The molecule has 0 aliphatic carbocycles. The van der Waals surface area contributed by atoms with Gasteiger partial charge in [-0.3, -0.25) is 19.7 Å². The Hall–Kier alpha value is -3.04. The number of anilines is 1. The molecule has 1 unspecified atom stereocenters. The first-order valence-corrected chi connectivity index (χ1v) is 11.1. The summed E-state index contributed by atoms with van der Waals surface area (Å²) in [4.78, 5) is 38.9. The van der Waals surface area contributed by atoms with Gasteiger partial charge >= 0.3 is 0 Å². The molecule has 1 fully saturated rings. The number of nitrogens with zero attached hydrogens (tertiary/aromatic N) is 2. The van der Waals surface area contributed by atoms with E-state index in [0.717, 1.165) is 12.5 Å². The zero-order valence-electron chi connectivity index (χ0n) is 18.1. The van der Waals surface area contributed by atoms with Crippen molar-refractivity contribution in [3.05, 3.63) is 56.1 Å². The lowest BCUT2D eigenvalue weighted by molar-refractivity contribution is -0.385. The van der Waals surface area contributed by atoms with Gasteiger partial charge in [0, 0.05) is 18.3 Å². The maximum Gasteiger partial charge on any atom is 0.286 e. The standard InChI is InChI=1S/C22H23Cl2N3O6/c1-3-33-20-11-14(18(27(30)31)12-19(20)32-2)22(29)26-9-5-4-6-17(26)21(28)25-13-7-8-15(23)16(24)10-13/h7-8,10-12,17H,3-6,9H2,1-2H3,(H,25,28). The van der Waals surface area contributed by atoms with Crippen molar-refractivity contribution >= 4 is 46.4 Å². The molecule has 0 bridgehead atoms. The minimum Gasteiger partial charge on any atom is -0.493 e. The first kappa shape index (κ1) is 24.6. The Labute approximate surface area is 200 Å². The van der Waals surface area contributed by atoms with Crippen molar-refractivity contribution in [2.75, 3.05) is 25.6 Å². The first-order chi connectivity index (χ1) is 15.8. The van der Waals surface area contributed by atoms with Crippen LogP contribution in [0.3, 0.4) is 0 Å². The van der Waals surface area contributed by atoms with Gasteiger partial charge in [-0.15, -0.1) is 0 Å². The van der Waals surface area contributed by atoms with E-state index in [1.807, 2.05) is 0 Å². The van der Waals surface area contributed by atoms with Crippen molar-refractivity contribution in [2.45, 2.75) is 32.2 Å². The van der Waals surface area contributed by atoms with Gasteiger partial charge in [-0.25, -0.2) is 0 Å². The number of rotatable bonds is 7. The number of amides is 2. The normalized spacial score (nSPS) is 15.6. The lowest BCUT2D eigenvalue weighted by Crippen LogP contribution is -2.50.